The topological polar surface area (TPSA) is 12.4 Å². The van der Waals surface area contributed by atoms with Crippen LogP contribution in [0.25, 0.3) is 11.1 Å². The summed E-state index contributed by atoms with van der Waals surface area (Å²) in [6.45, 7) is 4.29. The van der Waals surface area contributed by atoms with Gasteiger partial charge in [0.1, 0.15) is 0 Å². The van der Waals surface area contributed by atoms with Crippen LogP contribution >= 0.6 is 0 Å². The molecule has 0 spiro atoms. The minimum absolute atomic E-state index is 0.978. The molecule has 0 aliphatic heterocycles. The van der Waals surface area contributed by atoms with Gasteiger partial charge in [-0.1, -0.05) is 86.2 Å². The third-order valence-electron chi connectivity index (χ3n) is 4.88. The first-order chi connectivity index (χ1) is 13.8. The lowest BCUT2D eigenvalue weighted by Crippen LogP contribution is -1.85. The number of nitrogens with zero attached hydrogens (tertiary/aromatic N) is 1. The van der Waals surface area contributed by atoms with Crippen LogP contribution < -0.4 is 0 Å². The van der Waals surface area contributed by atoms with E-state index in [2.05, 4.69) is 104 Å². The van der Waals surface area contributed by atoms with E-state index in [1.165, 1.54) is 35.1 Å². The van der Waals surface area contributed by atoms with Crippen molar-refractivity contribution in [3.63, 3.8) is 0 Å². The molecule has 0 aliphatic rings. The Kier molecular flexibility index (Phi) is 7.37. The van der Waals surface area contributed by atoms with Crippen LogP contribution in [0, 0.1) is 0 Å². The monoisotopic (exact) mass is 367 g/mol. The zero-order valence-corrected chi connectivity index (χ0v) is 16.9. The van der Waals surface area contributed by atoms with Crippen molar-refractivity contribution in [1.82, 2.24) is 0 Å². The molecule has 0 saturated carbocycles. The van der Waals surface area contributed by atoms with Gasteiger partial charge in [-0.05, 0) is 66.1 Å². The molecule has 0 saturated heterocycles. The van der Waals surface area contributed by atoms with Crippen LogP contribution in [0.15, 0.2) is 89.9 Å². The molecule has 142 valence electrons. The number of unbranched alkanes of at least 4 members (excludes halogenated alkanes) is 1. The summed E-state index contributed by atoms with van der Waals surface area (Å²) < 4.78 is 0. The second-order valence-corrected chi connectivity index (χ2v) is 7.12. The van der Waals surface area contributed by atoms with Gasteiger partial charge in [-0.15, -0.1) is 0 Å². The predicted octanol–water partition coefficient (Wildman–Crippen LogP) is 7.57. The number of hydrogen-bond donors (Lipinski definition) is 0. The molecule has 0 fully saturated rings. The molecular weight excluding hydrogens is 338 g/mol. The predicted molar refractivity (Wildman–Crippen MR) is 123 cm³/mol. The maximum absolute atomic E-state index is 4.62. The van der Waals surface area contributed by atoms with Crippen LogP contribution in [0.2, 0.25) is 0 Å². The molecule has 1 heteroatoms. The molecule has 3 aromatic rings. The number of hydrogen-bond acceptors (Lipinski definition) is 1. The molecule has 28 heavy (non-hydrogen) atoms. The average molecular weight is 368 g/mol. The van der Waals surface area contributed by atoms with E-state index in [0.29, 0.717) is 0 Å². The summed E-state index contributed by atoms with van der Waals surface area (Å²) in [5, 5.41) is 0. The molecule has 1 nitrogen and oxygen atoms in total. The average Bonchev–Trinajstić information content (AvgIpc) is 2.76. The van der Waals surface area contributed by atoms with Gasteiger partial charge >= 0.3 is 0 Å². The highest BCUT2D eigenvalue weighted by Crippen LogP contribution is 2.21. The van der Waals surface area contributed by atoms with E-state index >= 15 is 0 Å². The third kappa shape index (κ3) is 5.79. The zero-order chi connectivity index (χ0) is 19.6. The largest absolute Gasteiger partial charge is 0.256 e. The highest BCUT2D eigenvalue weighted by molar-refractivity contribution is 5.83. The second kappa shape index (κ2) is 10.4. The van der Waals surface area contributed by atoms with Crippen molar-refractivity contribution in [3.8, 4) is 11.1 Å². The van der Waals surface area contributed by atoms with Gasteiger partial charge in [-0.2, -0.15) is 0 Å². The summed E-state index contributed by atoms with van der Waals surface area (Å²) in [4.78, 5) is 4.62. The fraction of sp³-hybridized carbons (Fsp3) is 0.222. The first kappa shape index (κ1) is 19.8. The molecule has 0 atom stereocenters. The number of rotatable bonds is 8. The number of aliphatic imine (C=N–C) groups is 1. The van der Waals surface area contributed by atoms with Crippen molar-refractivity contribution in [2.24, 2.45) is 4.99 Å². The van der Waals surface area contributed by atoms with Crippen LogP contribution in [0.5, 0.6) is 0 Å². The molecule has 0 amide bonds. The standard InChI is InChI=1S/C27H29N/c1-3-5-8-22-14-18-27(19-15-22)28-21-24-12-16-25(17-13-24)26-11-7-10-23(20-26)9-6-4-2/h4,6-7,10-21H,3,5,8-9H2,1-2H3. The van der Waals surface area contributed by atoms with Gasteiger partial charge < -0.3 is 0 Å². The van der Waals surface area contributed by atoms with Gasteiger partial charge in [0.25, 0.3) is 0 Å². The number of allylic oxidation sites excluding steroid dienone is 2. The molecule has 0 aliphatic carbocycles. The van der Waals surface area contributed by atoms with E-state index in [0.717, 1.165) is 24.1 Å². The van der Waals surface area contributed by atoms with Gasteiger partial charge in [0.05, 0.1) is 5.69 Å². The van der Waals surface area contributed by atoms with E-state index in [4.69, 9.17) is 0 Å². The molecule has 0 radical (unpaired) electrons. The van der Waals surface area contributed by atoms with E-state index in [-0.39, 0.29) is 0 Å². The Morgan fingerprint density at radius 1 is 0.821 bits per heavy atom. The number of aryl methyl sites for hydroxylation is 1. The van der Waals surface area contributed by atoms with E-state index in [9.17, 15) is 0 Å². The normalized spacial score (nSPS) is 11.5. The Balaban J connectivity index is 1.66. The van der Waals surface area contributed by atoms with Gasteiger partial charge in [-0.3, -0.25) is 4.99 Å². The first-order valence-electron chi connectivity index (χ1n) is 10.2. The van der Waals surface area contributed by atoms with Crippen molar-refractivity contribution >= 4 is 11.9 Å². The second-order valence-electron chi connectivity index (χ2n) is 7.12. The number of benzene rings is 3. The van der Waals surface area contributed by atoms with Gasteiger partial charge in [0.2, 0.25) is 0 Å². The summed E-state index contributed by atoms with van der Waals surface area (Å²) >= 11 is 0. The minimum atomic E-state index is 0.978. The van der Waals surface area contributed by atoms with E-state index < -0.39 is 0 Å². The van der Waals surface area contributed by atoms with Crippen molar-refractivity contribution in [1.29, 1.82) is 0 Å². The Bertz CT molecular complexity index is 915. The van der Waals surface area contributed by atoms with Crippen molar-refractivity contribution in [3.05, 3.63) is 102 Å². The summed E-state index contributed by atoms with van der Waals surface area (Å²) in [6.07, 6.45) is 10.8. The summed E-state index contributed by atoms with van der Waals surface area (Å²) in [6, 6.07) is 25.9. The van der Waals surface area contributed by atoms with Crippen molar-refractivity contribution < 1.29 is 0 Å². The Labute approximate surface area is 169 Å². The lowest BCUT2D eigenvalue weighted by atomic mass is 10.0. The summed E-state index contributed by atoms with van der Waals surface area (Å²) in [5.41, 5.74) is 7.34. The van der Waals surface area contributed by atoms with E-state index in [1.807, 2.05) is 6.21 Å². The molecule has 3 aromatic carbocycles. The molecule has 0 unspecified atom stereocenters. The highest BCUT2D eigenvalue weighted by atomic mass is 14.7. The fourth-order valence-electron chi connectivity index (χ4n) is 3.17. The molecule has 0 N–H and O–H groups in total. The van der Waals surface area contributed by atoms with Gasteiger partial charge in [0, 0.05) is 6.21 Å². The van der Waals surface area contributed by atoms with Crippen LogP contribution in [0.4, 0.5) is 5.69 Å². The SMILES string of the molecule is CC=CCc1cccc(-c2ccc(C=Nc3ccc(CCCC)cc3)cc2)c1. The summed E-state index contributed by atoms with van der Waals surface area (Å²) in [5.74, 6) is 0. The van der Waals surface area contributed by atoms with Crippen LogP contribution in [0.1, 0.15) is 43.4 Å². The lowest BCUT2D eigenvalue weighted by Gasteiger charge is -2.05. The van der Waals surface area contributed by atoms with Crippen LogP contribution in [-0.2, 0) is 12.8 Å². The van der Waals surface area contributed by atoms with E-state index in [1.54, 1.807) is 0 Å². The lowest BCUT2D eigenvalue weighted by molar-refractivity contribution is 0.795. The maximum Gasteiger partial charge on any atom is 0.0630 e. The zero-order valence-electron chi connectivity index (χ0n) is 16.9. The molecular formula is C27H29N. The van der Waals surface area contributed by atoms with Gasteiger partial charge in [0.15, 0.2) is 0 Å². The smallest absolute Gasteiger partial charge is 0.0630 e. The van der Waals surface area contributed by atoms with Crippen molar-refractivity contribution in [2.45, 2.75) is 39.5 Å². The maximum atomic E-state index is 4.62. The first-order valence-corrected chi connectivity index (χ1v) is 10.2. The third-order valence-corrected chi connectivity index (χ3v) is 4.88. The fourth-order valence-corrected chi connectivity index (χ4v) is 3.17. The molecule has 0 heterocycles. The Hall–Kier alpha value is -2.93. The Morgan fingerprint density at radius 3 is 2.32 bits per heavy atom. The quantitative estimate of drug-likeness (QED) is 0.288. The summed E-state index contributed by atoms with van der Waals surface area (Å²) in [7, 11) is 0. The van der Waals surface area contributed by atoms with Crippen molar-refractivity contribution in [2.75, 3.05) is 0 Å². The van der Waals surface area contributed by atoms with Crippen LogP contribution in [0.3, 0.4) is 0 Å². The minimum Gasteiger partial charge on any atom is -0.256 e. The van der Waals surface area contributed by atoms with Gasteiger partial charge in [-0.25, -0.2) is 0 Å². The molecule has 3 rings (SSSR count). The molecule has 0 bridgehead atoms. The molecule has 0 aromatic heterocycles. The highest BCUT2D eigenvalue weighted by Gasteiger charge is 1.99. The van der Waals surface area contributed by atoms with Crippen LogP contribution in [-0.4, -0.2) is 6.21 Å². The Morgan fingerprint density at radius 2 is 1.61 bits per heavy atom.